The Morgan fingerprint density at radius 3 is 1.08 bits per heavy atom. The van der Waals surface area contributed by atoms with Gasteiger partial charge in [-0.05, 0) is 0 Å². The van der Waals surface area contributed by atoms with Gasteiger partial charge in [0.2, 0.25) is 0 Å². The Kier molecular flexibility index (Phi) is 17.1. The molecule has 0 aromatic heterocycles. The van der Waals surface area contributed by atoms with Gasteiger partial charge in [-0.1, -0.05) is 0 Å². The summed E-state index contributed by atoms with van der Waals surface area (Å²) in [5.74, 6) is 0. The SMILES string of the molecule is O=P([O-])([O-])OP(=O)([O-])[O-].[Fe+2].[Mn+2].[Na+]. The smallest absolute Gasteiger partial charge is 0.790 e. The fraction of sp³-hybridized carbons (Fsp3) is 0. The number of rotatable bonds is 2. The molecule has 67 valence electrons. The van der Waals surface area contributed by atoms with Crippen LogP contribution in [0.25, 0.3) is 0 Å². The minimum absolute atomic E-state index is 0. The molecule has 0 aromatic rings. The van der Waals surface area contributed by atoms with Crippen molar-refractivity contribution >= 4 is 15.6 Å². The van der Waals surface area contributed by atoms with Crippen molar-refractivity contribution in [1.29, 1.82) is 0 Å². The quantitative estimate of drug-likeness (QED) is 0.365. The van der Waals surface area contributed by atoms with Crippen LogP contribution >= 0.6 is 15.6 Å². The molecule has 12 heavy (non-hydrogen) atoms. The van der Waals surface area contributed by atoms with Gasteiger partial charge in [-0.15, -0.1) is 0 Å². The zero-order valence-electron chi connectivity index (χ0n) is 5.48. The number of phosphoric acid groups is 2. The van der Waals surface area contributed by atoms with Gasteiger partial charge in [0.05, 0.1) is 15.6 Å². The van der Waals surface area contributed by atoms with Gasteiger partial charge >= 0.3 is 63.7 Å². The maximum absolute atomic E-state index is 9.32. The largest absolute Gasteiger partial charge is 2.00 e. The third-order valence-corrected chi connectivity index (χ3v) is 1.80. The summed E-state index contributed by atoms with van der Waals surface area (Å²) >= 11 is 0. The van der Waals surface area contributed by atoms with E-state index >= 15 is 0 Å². The molecule has 0 aliphatic carbocycles. The summed E-state index contributed by atoms with van der Waals surface area (Å²) in [5.41, 5.74) is 0. The Hall–Kier alpha value is 2.30. The fourth-order valence-electron chi connectivity index (χ4n) is 0.122. The molecule has 0 atom stereocenters. The molecule has 1 radical (unpaired) electrons. The van der Waals surface area contributed by atoms with Crippen molar-refractivity contribution in [3.63, 3.8) is 0 Å². The fourth-order valence-corrected chi connectivity index (χ4v) is 1.10. The Balaban J connectivity index is -0.000000107. The Morgan fingerprint density at radius 2 is 1.08 bits per heavy atom. The van der Waals surface area contributed by atoms with Crippen molar-refractivity contribution in [1.82, 2.24) is 0 Å². The summed E-state index contributed by atoms with van der Waals surface area (Å²) < 4.78 is 21.2. The zero-order valence-corrected chi connectivity index (χ0v) is 11.6. The summed E-state index contributed by atoms with van der Waals surface area (Å²) in [4.78, 5) is 37.3. The van der Waals surface area contributed by atoms with Crippen LogP contribution in [0.3, 0.4) is 0 Å². The summed E-state index contributed by atoms with van der Waals surface area (Å²) in [6.45, 7) is 0. The molecule has 0 amide bonds. The molecule has 7 nitrogen and oxygen atoms in total. The van der Waals surface area contributed by atoms with Crippen LogP contribution in [0.15, 0.2) is 0 Å². The molecule has 12 heteroatoms. The van der Waals surface area contributed by atoms with Crippen LogP contribution in [0, 0.1) is 0 Å². The van der Waals surface area contributed by atoms with Crippen LogP contribution in [-0.2, 0) is 47.6 Å². The predicted octanol–water partition coefficient (Wildman–Crippen LogP) is -6.34. The molecule has 0 heterocycles. The van der Waals surface area contributed by atoms with E-state index in [9.17, 15) is 28.7 Å². The van der Waals surface area contributed by atoms with E-state index in [1.165, 1.54) is 0 Å². The first kappa shape index (κ1) is 23.8. The van der Waals surface area contributed by atoms with E-state index in [-0.39, 0.29) is 63.7 Å². The molecule has 0 rings (SSSR count). The van der Waals surface area contributed by atoms with Gasteiger partial charge in [0.25, 0.3) is 0 Å². The van der Waals surface area contributed by atoms with Crippen molar-refractivity contribution < 1.29 is 96.7 Å². The van der Waals surface area contributed by atoms with Crippen molar-refractivity contribution in [3.05, 3.63) is 0 Å². The van der Waals surface area contributed by atoms with E-state index in [1.54, 1.807) is 0 Å². The summed E-state index contributed by atoms with van der Waals surface area (Å²) in [7, 11) is -11.4. The van der Waals surface area contributed by atoms with Crippen LogP contribution in [0.5, 0.6) is 0 Å². The van der Waals surface area contributed by atoms with E-state index in [1.807, 2.05) is 0 Å². The molecule has 0 saturated heterocycles. The van der Waals surface area contributed by atoms with Gasteiger partial charge in [0.15, 0.2) is 0 Å². The zero-order chi connectivity index (χ0) is 7.71. The molecule has 0 spiro atoms. The second kappa shape index (κ2) is 8.59. The van der Waals surface area contributed by atoms with Crippen LogP contribution in [0.2, 0.25) is 0 Å². The molecule has 0 N–H and O–H groups in total. The first-order chi connectivity index (χ1) is 3.71. The Bertz CT molecular complexity index is 162. The number of hydrogen-bond acceptors (Lipinski definition) is 7. The van der Waals surface area contributed by atoms with Gasteiger partial charge in [0.1, 0.15) is 0 Å². The van der Waals surface area contributed by atoms with Crippen molar-refractivity contribution in [3.8, 4) is 0 Å². The molecular weight excluding hydrogens is 308 g/mol. The van der Waals surface area contributed by atoms with Crippen molar-refractivity contribution in [2.24, 2.45) is 0 Å². The van der Waals surface area contributed by atoms with Crippen molar-refractivity contribution in [2.75, 3.05) is 0 Å². The van der Waals surface area contributed by atoms with E-state index < -0.39 is 15.6 Å². The Morgan fingerprint density at radius 1 is 0.917 bits per heavy atom. The topological polar surface area (TPSA) is 136 Å². The molecule has 0 aliphatic heterocycles. The van der Waals surface area contributed by atoms with E-state index in [4.69, 9.17) is 0 Å². The summed E-state index contributed by atoms with van der Waals surface area (Å²) in [6, 6.07) is 0. The minimum atomic E-state index is -5.68. The maximum atomic E-state index is 9.32. The molecule has 0 saturated carbocycles. The van der Waals surface area contributed by atoms with Crippen LogP contribution in [-0.4, -0.2) is 0 Å². The average molecular weight is 308 g/mol. The van der Waals surface area contributed by atoms with E-state index in [0.717, 1.165) is 0 Å². The minimum Gasteiger partial charge on any atom is -0.790 e. The van der Waals surface area contributed by atoms with E-state index in [0.29, 0.717) is 0 Å². The second-order valence-electron chi connectivity index (χ2n) is 0.976. The first-order valence-electron chi connectivity index (χ1n) is 1.46. The normalized spacial score (nSPS) is 10.3. The van der Waals surface area contributed by atoms with Gasteiger partial charge in [-0.25, -0.2) is 0 Å². The van der Waals surface area contributed by atoms with Gasteiger partial charge in [-0.3, -0.25) is 0 Å². The van der Waals surface area contributed by atoms with Crippen LogP contribution < -0.4 is 49.1 Å². The molecule has 0 bridgehead atoms. The molecule has 0 unspecified atom stereocenters. The molecule has 0 aromatic carbocycles. The number of hydrogen-bond donors (Lipinski definition) is 0. The molecular formula is FeMnNaO7P2+. The molecule has 0 fully saturated rings. The third-order valence-electron chi connectivity index (χ3n) is 0.200. The predicted molar refractivity (Wildman–Crippen MR) is 16.3 cm³/mol. The molecule has 0 aliphatic rings. The van der Waals surface area contributed by atoms with Crippen LogP contribution in [0.4, 0.5) is 0 Å². The second-order valence-corrected chi connectivity index (χ2v) is 3.42. The summed E-state index contributed by atoms with van der Waals surface area (Å²) in [6.07, 6.45) is 0. The van der Waals surface area contributed by atoms with E-state index in [2.05, 4.69) is 4.31 Å². The van der Waals surface area contributed by atoms with Crippen molar-refractivity contribution in [2.45, 2.75) is 0 Å². The van der Waals surface area contributed by atoms with Gasteiger partial charge in [0, 0.05) is 0 Å². The first-order valence-corrected chi connectivity index (χ1v) is 4.38. The Labute approximate surface area is 111 Å². The monoisotopic (exact) mass is 308 g/mol. The standard InChI is InChI=1S/Fe.Mn.Na.H4O7P2/c;;;1-8(2,3)7-9(4,5)6/h;;;(H2,1,2,3)(H2,4,5,6)/q2*+2;+1;/p-4. The van der Waals surface area contributed by atoms with Gasteiger partial charge < -0.3 is 33.0 Å². The van der Waals surface area contributed by atoms with Crippen LogP contribution in [0.1, 0.15) is 0 Å². The van der Waals surface area contributed by atoms with Gasteiger partial charge in [-0.2, -0.15) is 0 Å². The summed E-state index contributed by atoms with van der Waals surface area (Å²) in [5, 5.41) is 0. The average Bonchev–Trinajstić information content (AvgIpc) is 1.14. The third kappa shape index (κ3) is 22.8. The maximum Gasteiger partial charge on any atom is 2.00 e.